The number of carbonyl (C=O) groups excluding carboxylic acids is 1. The lowest BCUT2D eigenvalue weighted by molar-refractivity contribution is -0.133. The number of nitrogens with zero attached hydrogens (tertiary/aromatic N) is 2. The number of ether oxygens (including phenoxy) is 1. The second-order valence-electron chi connectivity index (χ2n) is 6.47. The molecule has 1 aliphatic rings. The minimum absolute atomic E-state index is 0.0293. The molecule has 0 spiro atoms. The van der Waals surface area contributed by atoms with Gasteiger partial charge in [-0.2, -0.15) is 0 Å². The zero-order chi connectivity index (χ0) is 19.1. The van der Waals surface area contributed by atoms with E-state index < -0.39 is 0 Å². The molecule has 1 aromatic rings. The van der Waals surface area contributed by atoms with E-state index >= 15 is 0 Å². The fourth-order valence-electron chi connectivity index (χ4n) is 2.76. The van der Waals surface area contributed by atoms with Crippen LogP contribution in [0.15, 0.2) is 23.2 Å². The van der Waals surface area contributed by atoms with Gasteiger partial charge in [0.05, 0.1) is 11.6 Å². The highest BCUT2D eigenvalue weighted by Crippen LogP contribution is 2.31. The van der Waals surface area contributed by atoms with E-state index in [0.29, 0.717) is 41.5 Å². The van der Waals surface area contributed by atoms with Gasteiger partial charge in [-0.25, -0.2) is 0 Å². The molecule has 0 radical (unpaired) electrons. The molecular weight excluding hydrogens is 375 g/mol. The molecule has 144 valence electrons. The van der Waals surface area contributed by atoms with Crippen LogP contribution in [0.1, 0.15) is 20.3 Å². The normalized spacial score (nSPS) is 17.5. The molecule has 0 aliphatic carbocycles. The van der Waals surface area contributed by atoms with Crippen molar-refractivity contribution in [1.82, 2.24) is 15.5 Å². The molecule has 8 heteroatoms. The maximum absolute atomic E-state index is 12.1. The van der Waals surface area contributed by atoms with Gasteiger partial charge in [0.25, 0.3) is 0 Å². The summed E-state index contributed by atoms with van der Waals surface area (Å²) in [5.41, 5.74) is 0. The lowest BCUT2D eigenvalue weighted by Crippen LogP contribution is -2.46. The predicted octanol–water partition coefficient (Wildman–Crippen LogP) is 2.79. The number of rotatable bonds is 6. The molecular formula is C18H26Cl2N4O2. The Kier molecular flexibility index (Phi) is 7.85. The van der Waals surface area contributed by atoms with Crippen molar-refractivity contribution in [2.75, 3.05) is 33.3 Å². The van der Waals surface area contributed by atoms with Crippen LogP contribution < -0.4 is 15.4 Å². The molecule has 0 bridgehead atoms. The number of carbonyl (C=O) groups is 1. The zero-order valence-corrected chi connectivity index (χ0v) is 16.9. The Balaban J connectivity index is 1.73. The van der Waals surface area contributed by atoms with Gasteiger partial charge in [-0.1, -0.05) is 43.1 Å². The third-order valence-corrected chi connectivity index (χ3v) is 4.93. The van der Waals surface area contributed by atoms with Gasteiger partial charge in [0.15, 0.2) is 5.96 Å². The zero-order valence-electron chi connectivity index (χ0n) is 15.4. The van der Waals surface area contributed by atoms with E-state index in [4.69, 9.17) is 27.9 Å². The number of nitrogens with one attached hydrogen (secondary N) is 2. The third kappa shape index (κ3) is 5.68. The molecule has 1 heterocycles. The van der Waals surface area contributed by atoms with Gasteiger partial charge in [0, 0.05) is 32.1 Å². The van der Waals surface area contributed by atoms with Crippen molar-refractivity contribution in [3.63, 3.8) is 0 Å². The minimum Gasteiger partial charge on any atom is -0.490 e. The highest BCUT2D eigenvalue weighted by Gasteiger charge is 2.27. The molecule has 1 amide bonds. The number of amides is 1. The molecule has 26 heavy (non-hydrogen) atoms. The lowest BCUT2D eigenvalue weighted by atomic mass is 10.2. The summed E-state index contributed by atoms with van der Waals surface area (Å²) < 4.78 is 5.64. The van der Waals surface area contributed by atoms with Crippen LogP contribution in [0, 0.1) is 5.92 Å². The largest absolute Gasteiger partial charge is 0.490 e. The molecule has 6 nitrogen and oxygen atoms in total. The first-order chi connectivity index (χ1) is 12.4. The summed E-state index contributed by atoms with van der Waals surface area (Å²) in [5, 5.41) is 7.44. The van der Waals surface area contributed by atoms with Crippen LogP contribution in [0.5, 0.6) is 5.75 Å². The number of guanidine groups is 1. The summed E-state index contributed by atoms with van der Waals surface area (Å²) in [4.78, 5) is 18.2. The number of hydrogen-bond donors (Lipinski definition) is 2. The van der Waals surface area contributed by atoms with Crippen molar-refractivity contribution in [2.45, 2.75) is 26.3 Å². The van der Waals surface area contributed by atoms with E-state index in [-0.39, 0.29) is 17.9 Å². The van der Waals surface area contributed by atoms with Crippen molar-refractivity contribution >= 4 is 35.1 Å². The standard InChI is InChI=1S/C18H26Cl2N4O2/c1-12(2)17(25)24-9-7-13(11-24)23-18(21-3)22-8-10-26-15-6-4-5-14(19)16(15)20/h4-6,12-13H,7-11H2,1-3H3,(H2,21,22,23). The number of halogens is 2. The first kappa shape index (κ1) is 20.6. The second-order valence-corrected chi connectivity index (χ2v) is 7.25. The quantitative estimate of drug-likeness (QED) is 0.437. The summed E-state index contributed by atoms with van der Waals surface area (Å²) in [6, 6.07) is 5.49. The SMILES string of the molecule is CN=C(NCCOc1cccc(Cl)c1Cl)NC1CCN(C(=O)C(C)C)C1. The highest BCUT2D eigenvalue weighted by molar-refractivity contribution is 6.42. The Labute approximate surface area is 164 Å². The van der Waals surface area contributed by atoms with Crippen LogP contribution in [0.4, 0.5) is 0 Å². The van der Waals surface area contributed by atoms with Crippen molar-refractivity contribution in [3.8, 4) is 5.75 Å². The van der Waals surface area contributed by atoms with Crippen LogP contribution in [0.25, 0.3) is 0 Å². The van der Waals surface area contributed by atoms with E-state index in [2.05, 4.69) is 15.6 Å². The van der Waals surface area contributed by atoms with Gasteiger partial charge < -0.3 is 20.3 Å². The van der Waals surface area contributed by atoms with Crippen LogP contribution in [0.3, 0.4) is 0 Å². The van der Waals surface area contributed by atoms with Gasteiger partial charge in [-0.05, 0) is 18.6 Å². The summed E-state index contributed by atoms with van der Waals surface area (Å²) in [5.74, 6) is 1.47. The average molecular weight is 401 g/mol. The molecule has 1 unspecified atom stereocenters. The molecule has 0 saturated carbocycles. The van der Waals surface area contributed by atoms with Gasteiger partial charge in [-0.3, -0.25) is 9.79 Å². The van der Waals surface area contributed by atoms with Crippen LogP contribution in [0.2, 0.25) is 10.0 Å². The van der Waals surface area contributed by atoms with Crippen molar-refractivity contribution in [3.05, 3.63) is 28.2 Å². The molecule has 1 aliphatic heterocycles. The molecule has 2 rings (SSSR count). The highest BCUT2D eigenvalue weighted by atomic mass is 35.5. The molecule has 1 saturated heterocycles. The number of benzene rings is 1. The Morgan fingerprint density at radius 3 is 2.88 bits per heavy atom. The van der Waals surface area contributed by atoms with E-state index in [1.165, 1.54) is 0 Å². The first-order valence-electron chi connectivity index (χ1n) is 8.75. The Bertz CT molecular complexity index is 652. The monoisotopic (exact) mass is 400 g/mol. The van der Waals surface area contributed by atoms with Crippen LogP contribution >= 0.6 is 23.2 Å². The molecule has 1 fully saturated rings. The smallest absolute Gasteiger partial charge is 0.225 e. The van der Waals surface area contributed by atoms with Gasteiger partial charge >= 0.3 is 0 Å². The summed E-state index contributed by atoms with van der Waals surface area (Å²) >= 11 is 12.1. The number of aliphatic imine (C=N–C) groups is 1. The van der Waals surface area contributed by atoms with Crippen LogP contribution in [-0.2, 0) is 4.79 Å². The fourth-order valence-corrected chi connectivity index (χ4v) is 3.10. The second kappa shape index (κ2) is 9.88. The van der Waals surface area contributed by atoms with Crippen molar-refractivity contribution in [2.24, 2.45) is 10.9 Å². The lowest BCUT2D eigenvalue weighted by Gasteiger charge is -2.20. The van der Waals surface area contributed by atoms with E-state index in [1.54, 1.807) is 25.2 Å². The number of likely N-dealkylation sites (tertiary alicyclic amines) is 1. The Morgan fingerprint density at radius 2 is 2.19 bits per heavy atom. The minimum atomic E-state index is 0.0293. The van der Waals surface area contributed by atoms with E-state index in [0.717, 1.165) is 13.0 Å². The van der Waals surface area contributed by atoms with Crippen molar-refractivity contribution < 1.29 is 9.53 Å². The molecule has 1 aromatic carbocycles. The summed E-state index contributed by atoms with van der Waals surface area (Å²) in [6.07, 6.45) is 0.910. The average Bonchev–Trinajstić information content (AvgIpc) is 3.08. The summed E-state index contributed by atoms with van der Waals surface area (Å²) in [6.45, 7) is 6.31. The third-order valence-electron chi connectivity index (χ3n) is 4.13. The summed E-state index contributed by atoms with van der Waals surface area (Å²) in [7, 11) is 1.72. The maximum atomic E-state index is 12.1. The topological polar surface area (TPSA) is 66.0 Å². The maximum Gasteiger partial charge on any atom is 0.225 e. The van der Waals surface area contributed by atoms with Crippen molar-refractivity contribution in [1.29, 1.82) is 0 Å². The van der Waals surface area contributed by atoms with Gasteiger partial charge in [0.1, 0.15) is 17.4 Å². The first-order valence-corrected chi connectivity index (χ1v) is 9.50. The van der Waals surface area contributed by atoms with Crippen LogP contribution in [-0.4, -0.2) is 56.1 Å². The van der Waals surface area contributed by atoms with Gasteiger partial charge in [0.2, 0.25) is 5.91 Å². The molecule has 2 N–H and O–H groups in total. The predicted molar refractivity (Wildman–Crippen MR) is 106 cm³/mol. The van der Waals surface area contributed by atoms with Gasteiger partial charge in [-0.15, -0.1) is 0 Å². The molecule has 1 atom stereocenters. The Hall–Kier alpha value is -1.66. The fraction of sp³-hybridized carbons (Fsp3) is 0.556. The molecule has 0 aromatic heterocycles. The van der Waals surface area contributed by atoms with E-state index in [1.807, 2.05) is 18.7 Å². The van der Waals surface area contributed by atoms with E-state index in [9.17, 15) is 4.79 Å². The Morgan fingerprint density at radius 1 is 1.42 bits per heavy atom. The number of hydrogen-bond acceptors (Lipinski definition) is 3.